The molecule has 7 nitrogen and oxygen atoms in total. The van der Waals surface area contributed by atoms with Crippen LogP contribution < -0.4 is 5.69 Å². The van der Waals surface area contributed by atoms with E-state index in [0.29, 0.717) is 17.5 Å². The van der Waals surface area contributed by atoms with Crippen molar-refractivity contribution in [3.63, 3.8) is 0 Å². The van der Waals surface area contributed by atoms with Gasteiger partial charge in [0.2, 0.25) is 0 Å². The summed E-state index contributed by atoms with van der Waals surface area (Å²) in [6, 6.07) is 38.3. The van der Waals surface area contributed by atoms with E-state index in [9.17, 15) is 4.79 Å². The maximum Gasteiger partial charge on any atom is 0.328 e. The van der Waals surface area contributed by atoms with Gasteiger partial charge in [-0.05, 0) is 47.5 Å². The Morgan fingerprint density at radius 2 is 1.05 bits per heavy atom. The number of aryl methyl sites for hydroxylation is 2. The van der Waals surface area contributed by atoms with Crippen LogP contribution in [-0.4, -0.2) is 24.1 Å². The number of imidazole rings is 1. The highest BCUT2D eigenvalue weighted by atomic mass is 16.3. The van der Waals surface area contributed by atoms with E-state index in [0.717, 1.165) is 60.8 Å². The predicted molar refractivity (Wildman–Crippen MR) is 171 cm³/mol. The zero-order valence-corrected chi connectivity index (χ0v) is 23.5. The minimum atomic E-state index is -0.0394. The van der Waals surface area contributed by atoms with Crippen LogP contribution in [0.3, 0.4) is 0 Å². The van der Waals surface area contributed by atoms with E-state index in [4.69, 9.17) is 19.4 Å². The number of rotatable bonds is 4. The molecule has 0 radical (unpaired) electrons. The van der Waals surface area contributed by atoms with Gasteiger partial charge in [-0.25, -0.2) is 19.7 Å². The number of benzene rings is 5. The van der Waals surface area contributed by atoms with Crippen LogP contribution in [0.15, 0.2) is 124 Å². The van der Waals surface area contributed by atoms with Gasteiger partial charge in [0.1, 0.15) is 11.2 Å². The van der Waals surface area contributed by atoms with Gasteiger partial charge in [0.25, 0.3) is 0 Å². The third-order valence-corrected chi connectivity index (χ3v) is 8.05. The van der Waals surface area contributed by atoms with Gasteiger partial charge >= 0.3 is 5.69 Å². The molecule has 206 valence electrons. The fourth-order valence-electron chi connectivity index (χ4n) is 5.71. The molecular weight excluding hydrogens is 534 g/mol. The van der Waals surface area contributed by atoms with Crippen molar-refractivity contribution in [1.29, 1.82) is 0 Å². The lowest BCUT2D eigenvalue weighted by Gasteiger charge is -2.09. The van der Waals surface area contributed by atoms with Gasteiger partial charge in [0.05, 0.1) is 11.0 Å². The zero-order chi connectivity index (χ0) is 29.1. The molecule has 0 amide bonds. The predicted octanol–water partition coefficient (Wildman–Crippen LogP) is 7.63. The molecule has 0 fully saturated rings. The summed E-state index contributed by atoms with van der Waals surface area (Å²) >= 11 is 0. The Labute approximate surface area is 246 Å². The molecule has 0 aliphatic rings. The first-order chi connectivity index (χ1) is 21.0. The summed E-state index contributed by atoms with van der Waals surface area (Å²) in [7, 11) is 3.59. The highest BCUT2D eigenvalue weighted by Gasteiger charge is 2.15. The van der Waals surface area contributed by atoms with Crippen molar-refractivity contribution in [2.75, 3.05) is 0 Å². The van der Waals surface area contributed by atoms with Gasteiger partial charge in [-0.1, -0.05) is 78.9 Å². The number of fused-ring (bicyclic) bond motifs is 4. The van der Waals surface area contributed by atoms with E-state index in [1.165, 1.54) is 0 Å². The minimum absolute atomic E-state index is 0.0394. The fourth-order valence-corrected chi connectivity index (χ4v) is 5.71. The van der Waals surface area contributed by atoms with Gasteiger partial charge in [0, 0.05) is 41.6 Å². The number of furan rings is 1. The molecule has 3 heterocycles. The molecule has 0 unspecified atom stereocenters. The smallest absolute Gasteiger partial charge is 0.328 e. The summed E-state index contributed by atoms with van der Waals surface area (Å²) in [6.07, 6.45) is 0. The maximum atomic E-state index is 12.4. The first-order valence-electron chi connectivity index (χ1n) is 14.0. The Balaban J connectivity index is 1.23. The lowest BCUT2D eigenvalue weighted by molar-refractivity contribution is 0.669. The summed E-state index contributed by atoms with van der Waals surface area (Å²) in [4.78, 5) is 27.1. The van der Waals surface area contributed by atoms with Gasteiger partial charge in [-0.15, -0.1) is 0 Å². The molecule has 5 aromatic carbocycles. The normalized spacial score (nSPS) is 11.6. The first kappa shape index (κ1) is 24.9. The third-order valence-electron chi connectivity index (χ3n) is 8.05. The lowest BCUT2D eigenvalue weighted by atomic mass is 10.0. The van der Waals surface area contributed by atoms with Crippen molar-refractivity contribution in [3.8, 4) is 45.3 Å². The number of hydrogen-bond donors (Lipinski definition) is 0. The highest BCUT2D eigenvalue weighted by Crippen LogP contribution is 2.33. The third kappa shape index (κ3) is 4.13. The second-order valence-corrected chi connectivity index (χ2v) is 10.7. The maximum absolute atomic E-state index is 12.4. The Kier molecular flexibility index (Phi) is 5.59. The monoisotopic (exact) mass is 559 g/mol. The van der Waals surface area contributed by atoms with Crippen molar-refractivity contribution >= 4 is 33.0 Å². The van der Waals surface area contributed by atoms with E-state index in [2.05, 4.69) is 30.3 Å². The van der Waals surface area contributed by atoms with E-state index >= 15 is 0 Å². The summed E-state index contributed by atoms with van der Waals surface area (Å²) in [5, 5.41) is 2.08. The van der Waals surface area contributed by atoms with Crippen LogP contribution in [0.1, 0.15) is 0 Å². The molecule has 0 spiro atoms. The minimum Gasteiger partial charge on any atom is -0.456 e. The van der Waals surface area contributed by atoms with Gasteiger partial charge in [-0.2, -0.15) is 0 Å². The number of para-hydroxylation sites is 1. The molecule has 8 rings (SSSR count). The van der Waals surface area contributed by atoms with E-state index in [-0.39, 0.29) is 5.69 Å². The fraction of sp³-hybridized carbons (Fsp3) is 0.0556. The van der Waals surface area contributed by atoms with Gasteiger partial charge in [0.15, 0.2) is 17.5 Å². The van der Waals surface area contributed by atoms with Crippen molar-refractivity contribution in [3.05, 3.63) is 126 Å². The number of nitrogens with zero attached hydrogens (tertiary/aromatic N) is 5. The van der Waals surface area contributed by atoms with E-state index < -0.39 is 0 Å². The van der Waals surface area contributed by atoms with Crippen LogP contribution in [0.4, 0.5) is 0 Å². The second-order valence-electron chi connectivity index (χ2n) is 10.7. The summed E-state index contributed by atoms with van der Waals surface area (Å²) in [5.41, 5.74) is 8.19. The number of hydrogen-bond acceptors (Lipinski definition) is 5. The van der Waals surface area contributed by atoms with Gasteiger partial charge in [-0.3, -0.25) is 9.13 Å². The van der Waals surface area contributed by atoms with Crippen LogP contribution in [0, 0.1) is 0 Å². The molecular formula is C36H25N5O2. The summed E-state index contributed by atoms with van der Waals surface area (Å²) < 4.78 is 9.38. The van der Waals surface area contributed by atoms with E-state index in [1.807, 2.05) is 84.9 Å². The molecule has 8 aromatic rings. The Morgan fingerprint density at radius 3 is 1.81 bits per heavy atom. The molecule has 7 heteroatoms. The molecule has 43 heavy (non-hydrogen) atoms. The molecule has 0 aliphatic carbocycles. The number of aromatic nitrogens is 5. The summed E-state index contributed by atoms with van der Waals surface area (Å²) in [6.45, 7) is 0. The van der Waals surface area contributed by atoms with Crippen LogP contribution in [0.25, 0.3) is 78.3 Å². The van der Waals surface area contributed by atoms with Crippen LogP contribution >= 0.6 is 0 Å². The molecule has 0 saturated heterocycles. The first-order valence-corrected chi connectivity index (χ1v) is 14.0. The zero-order valence-electron chi connectivity index (χ0n) is 23.5. The SMILES string of the molecule is Cn1c(=O)n(C)c2cc(-c3ccc(-c4nc(-c5ccccc5)nc(-c5ccc6oc7ccccc7c6c5)n4)cc3)ccc21. The molecule has 3 aromatic heterocycles. The van der Waals surface area contributed by atoms with Crippen molar-refractivity contribution in [2.45, 2.75) is 0 Å². The average molecular weight is 560 g/mol. The second kappa shape index (κ2) is 9.63. The Morgan fingerprint density at radius 1 is 0.488 bits per heavy atom. The lowest BCUT2D eigenvalue weighted by Crippen LogP contribution is -2.19. The standard InChI is InChI=1S/C36H25N5O2/c1-40-29-18-16-25(21-30(29)41(2)36(40)42)22-12-14-24(15-13-22)34-37-33(23-8-4-3-5-9-23)38-35(39-34)26-17-19-32-28(20-26)27-10-6-7-11-31(27)43-32/h3-21H,1-2H3. The summed E-state index contributed by atoms with van der Waals surface area (Å²) in [5.74, 6) is 1.79. The van der Waals surface area contributed by atoms with Gasteiger partial charge < -0.3 is 4.42 Å². The highest BCUT2D eigenvalue weighted by molar-refractivity contribution is 6.06. The van der Waals surface area contributed by atoms with E-state index in [1.54, 1.807) is 23.2 Å². The molecule has 0 bridgehead atoms. The van der Waals surface area contributed by atoms with Crippen molar-refractivity contribution in [1.82, 2.24) is 24.1 Å². The molecule has 0 atom stereocenters. The average Bonchev–Trinajstić information content (AvgIpc) is 3.54. The van der Waals surface area contributed by atoms with Crippen LogP contribution in [-0.2, 0) is 14.1 Å². The quantitative estimate of drug-likeness (QED) is 0.222. The molecule has 0 aliphatic heterocycles. The van der Waals surface area contributed by atoms with Crippen LogP contribution in [0.5, 0.6) is 0 Å². The Bertz CT molecular complexity index is 2380. The largest absolute Gasteiger partial charge is 0.456 e. The van der Waals surface area contributed by atoms with Crippen molar-refractivity contribution < 1.29 is 4.42 Å². The Hall–Kier alpha value is -5.82. The van der Waals surface area contributed by atoms with Crippen molar-refractivity contribution in [2.24, 2.45) is 14.1 Å². The molecule has 0 N–H and O–H groups in total. The molecule has 0 saturated carbocycles. The topological polar surface area (TPSA) is 78.7 Å². The van der Waals surface area contributed by atoms with Crippen LogP contribution in [0.2, 0.25) is 0 Å².